The maximum Gasteiger partial charge on any atom is 0.315 e. The Balaban J connectivity index is 1.38. The predicted octanol–water partition coefficient (Wildman–Crippen LogP) is 3.26. The Hall–Kier alpha value is -2.76. The van der Waals surface area contributed by atoms with Gasteiger partial charge in [-0.05, 0) is 45.6 Å². The molecule has 0 bridgehead atoms. The van der Waals surface area contributed by atoms with Crippen molar-refractivity contribution in [1.29, 1.82) is 0 Å². The second-order valence-corrected chi connectivity index (χ2v) is 11.5. The summed E-state index contributed by atoms with van der Waals surface area (Å²) < 4.78 is 5.38. The van der Waals surface area contributed by atoms with Crippen LogP contribution in [0.5, 0.6) is 0 Å². The van der Waals surface area contributed by atoms with Crippen LogP contribution in [-0.4, -0.2) is 103 Å². The smallest absolute Gasteiger partial charge is 0.315 e. The number of urea groups is 1. The van der Waals surface area contributed by atoms with Gasteiger partial charge in [0, 0.05) is 57.3 Å². The highest BCUT2D eigenvalue weighted by molar-refractivity contribution is 7.13. The number of amides is 4. The number of morpholine rings is 1. The third-order valence-corrected chi connectivity index (χ3v) is 8.75. The van der Waals surface area contributed by atoms with Crippen LogP contribution >= 0.6 is 11.3 Å². The number of thiazole rings is 1. The minimum atomic E-state index is -0.253. The first-order valence-electron chi connectivity index (χ1n) is 14.8. The number of carbonyl (C=O) groups excluding carboxylic acids is 3. The molecule has 40 heavy (non-hydrogen) atoms. The van der Waals surface area contributed by atoms with Crippen LogP contribution in [0.4, 0.5) is 4.79 Å². The van der Waals surface area contributed by atoms with Crippen molar-refractivity contribution in [2.75, 3.05) is 59.0 Å². The third kappa shape index (κ3) is 8.14. The number of nitrogens with one attached hydrogen (secondary N) is 2. The van der Waals surface area contributed by atoms with Gasteiger partial charge in [-0.15, -0.1) is 11.3 Å². The number of likely N-dealkylation sites (tertiary alicyclic amines) is 1. The highest BCUT2D eigenvalue weighted by Crippen LogP contribution is 2.30. The van der Waals surface area contributed by atoms with Gasteiger partial charge >= 0.3 is 6.03 Å². The average molecular weight is 573 g/mol. The number of carbonyl (C=O) groups is 3. The van der Waals surface area contributed by atoms with E-state index in [0.717, 1.165) is 60.7 Å². The Bertz CT molecular complexity index is 1070. The first-order valence-corrected chi connectivity index (χ1v) is 15.6. The lowest BCUT2D eigenvalue weighted by Gasteiger charge is -2.38. The second kappa shape index (κ2) is 15.3. The number of rotatable bonds is 11. The molecule has 2 fully saturated rings. The maximum absolute atomic E-state index is 13.7. The number of hydrogen-bond donors (Lipinski definition) is 2. The van der Waals surface area contributed by atoms with Crippen molar-refractivity contribution >= 4 is 34.8 Å². The van der Waals surface area contributed by atoms with Gasteiger partial charge < -0.3 is 25.2 Å². The van der Waals surface area contributed by atoms with Crippen LogP contribution in [0.15, 0.2) is 18.2 Å². The molecule has 2 saturated heterocycles. The van der Waals surface area contributed by atoms with Gasteiger partial charge in [0.1, 0.15) is 10.7 Å². The van der Waals surface area contributed by atoms with Gasteiger partial charge in [0.2, 0.25) is 5.91 Å². The Morgan fingerprint density at radius 1 is 1.05 bits per heavy atom. The molecule has 4 rings (SSSR count). The lowest BCUT2D eigenvalue weighted by atomic mass is 10.0. The molecule has 0 saturated carbocycles. The summed E-state index contributed by atoms with van der Waals surface area (Å²) in [5, 5.41) is 6.43. The zero-order valence-electron chi connectivity index (χ0n) is 24.0. The zero-order valence-corrected chi connectivity index (χ0v) is 24.8. The Labute approximate surface area is 241 Å². The molecule has 3 heterocycles. The molecule has 2 N–H and O–H groups in total. The molecule has 1 aromatic rings. The summed E-state index contributed by atoms with van der Waals surface area (Å²) in [6.07, 6.45) is 11.6. The van der Waals surface area contributed by atoms with E-state index in [-0.39, 0.29) is 24.4 Å². The standard InChI is InChI=1S/C29H44N6O4S/c1-3-13-33(16-12-25(36)34-17-19-39-20-18-34)23-10-14-35(15-11-23)28(37)26-24(21-31-29(38)30-4-2)40-27(32-26)22-8-6-5-7-9-22/h6,8-9,23H,3-5,7,10-21H2,1-2H3,(H2,30,31,38). The van der Waals surface area contributed by atoms with Gasteiger partial charge in [-0.25, -0.2) is 9.78 Å². The van der Waals surface area contributed by atoms with Crippen molar-refractivity contribution in [2.45, 2.75) is 65.0 Å². The molecular weight excluding hydrogens is 528 g/mol. The van der Waals surface area contributed by atoms with Gasteiger partial charge in [-0.1, -0.05) is 25.2 Å². The van der Waals surface area contributed by atoms with Crippen LogP contribution in [-0.2, 0) is 16.1 Å². The van der Waals surface area contributed by atoms with Gasteiger partial charge in [-0.3, -0.25) is 14.5 Å². The van der Waals surface area contributed by atoms with E-state index in [1.54, 1.807) is 0 Å². The molecule has 11 heteroatoms. The number of hydrogen-bond acceptors (Lipinski definition) is 7. The molecule has 3 aliphatic rings. The molecule has 0 atom stereocenters. The van der Waals surface area contributed by atoms with Crippen molar-refractivity contribution in [3.05, 3.63) is 33.8 Å². The lowest BCUT2D eigenvalue weighted by molar-refractivity contribution is -0.135. The summed E-state index contributed by atoms with van der Waals surface area (Å²) >= 11 is 1.48. The summed E-state index contributed by atoms with van der Waals surface area (Å²) in [6, 6.07) is 0.0976. The van der Waals surface area contributed by atoms with E-state index >= 15 is 0 Å². The van der Waals surface area contributed by atoms with Crippen molar-refractivity contribution in [3.8, 4) is 0 Å². The Morgan fingerprint density at radius 3 is 2.50 bits per heavy atom. The number of allylic oxidation sites excluding steroid dienone is 4. The van der Waals surface area contributed by atoms with Crippen molar-refractivity contribution in [1.82, 2.24) is 30.3 Å². The molecule has 220 valence electrons. The topological polar surface area (TPSA) is 107 Å². The molecule has 2 aliphatic heterocycles. The fourth-order valence-electron chi connectivity index (χ4n) is 5.48. The van der Waals surface area contributed by atoms with Crippen LogP contribution in [0.2, 0.25) is 0 Å². The summed E-state index contributed by atoms with van der Waals surface area (Å²) in [5.41, 5.74) is 1.48. The van der Waals surface area contributed by atoms with E-state index in [1.165, 1.54) is 11.3 Å². The van der Waals surface area contributed by atoms with E-state index < -0.39 is 0 Å². The monoisotopic (exact) mass is 572 g/mol. The summed E-state index contributed by atoms with van der Waals surface area (Å²) in [4.78, 5) is 50.3. The minimum absolute atomic E-state index is 0.0708. The fourth-order valence-corrected chi connectivity index (χ4v) is 6.49. The number of piperidine rings is 1. The van der Waals surface area contributed by atoms with Gasteiger partial charge in [0.05, 0.1) is 24.6 Å². The molecule has 1 aromatic heterocycles. The van der Waals surface area contributed by atoms with Crippen molar-refractivity contribution in [2.24, 2.45) is 0 Å². The highest BCUT2D eigenvalue weighted by Gasteiger charge is 2.30. The Morgan fingerprint density at radius 2 is 1.82 bits per heavy atom. The third-order valence-electron chi connectivity index (χ3n) is 7.64. The number of nitrogens with zero attached hydrogens (tertiary/aromatic N) is 4. The van der Waals surface area contributed by atoms with E-state index in [2.05, 4.69) is 40.7 Å². The molecule has 0 unspecified atom stereocenters. The molecular formula is C29H44N6O4S. The largest absolute Gasteiger partial charge is 0.378 e. The fraction of sp³-hybridized carbons (Fsp3) is 0.655. The predicted molar refractivity (Wildman–Crippen MR) is 157 cm³/mol. The molecule has 1 aliphatic carbocycles. The highest BCUT2D eigenvalue weighted by atomic mass is 32.1. The molecule has 10 nitrogen and oxygen atoms in total. The number of aromatic nitrogens is 1. The minimum Gasteiger partial charge on any atom is -0.378 e. The summed E-state index contributed by atoms with van der Waals surface area (Å²) in [5.74, 6) is 0.131. The van der Waals surface area contributed by atoms with Gasteiger partial charge in [-0.2, -0.15) is 0 Å². The van der Waals surface area contributed by atoms with Crippen LogP contribution in [0.25, 0.3) is 5.57 Å². The van der Waals surface area contributed by atoms with Crippen LogP contribution in [0.3, 0.4) is 0 Å². The normalized spacial score (nSPS) is 18.1. The first-order chi connectivity index (χ1) is 19.5. The SMILES string of the molecule is CCCN(CCC(=O)N1CCOCC1)C1CCN(C(=O)c2nc(C3=CCCC=C3)sc2CNC(=O)NCC)CC1. The van der Waals surface area contributed by atoms with Gasteiger partial charge in [0.15, 0.2) is 0 Å². The van der Waals surface area contributed by atoms with E-state index in [0.29, 0.717) is 64.1 Å². The van der Waals surface area contributed by atoms with Crippen LogP contribution in [0.1, 0.15) is 72.7 Å². The van der Waals surface area contributed by atoms with Crippen molar-refractivity contribution < 1.29 is 19.1 Å². The van der Waals surface area contributed by atoms with Crippen LogP contribution in [0, 0.1) is 0 Å². The molecule has 0 radical (unpaired) electrons. The van der Waals surface area contributed by atoms with E-state index in [4.69, 9.17) is 9.72 Å². The van der Waals surface area contributed by atoms with E-state index in [1.807, 2.05) is 16.7 Å². The van der Waals surface area contributed by atoms with Crippen LogP contribution < -0.4 is 10.6 Å². The quantitative estimate of drug-likeness (QED) is 0.422. The van der Waals surface area contributed by atoms with E-state index in [9.17, 15) is 14.4 Å². The summed E-state index contributed by atoms with van der Waals surface area (Å²) in [6.45, 7) is 10.4. The molecule has 0 aromatic carbocycles. The molecule has 4 amide bonds. The lowest BCUT2D eigenvalue weighted by Crippen LogP contribution is -2.48. The summed E-state index contributed by atoms with van der Waals surface area (Å²) in [7, 11) is 0. The second-order valence-electron chi connectivity index (χ2n) is 10.4. The maximum atomic E-state index is 13.7. The molecule has 0 spiro atoms. The van der Waals surface area contributed by atoms with Gasteiger partial charge in [0.25, 0.3) is 5.91 Å². The van der Waals surface area contributed by atoms with Crippen molar-refractivity contribution in [3.63, 3.8) is 0 Å². The first kappa shape index (κ1) is 30.2. The zero-order chi connectivity index (χ0) is 28.3. The Kier molecular flexibility index (Phi) is 11.6. The number of ether oxygens (including phenoxy) is 1. The average Bonchev–Trinajstić information content (AvgIpc) is 3.43.